The molecule has 0 unspecified atom stereocenters. The molecule has 3 aromatic rings. The van der Waals surface area contributed by atoms with Crippen molar-refractivity contribution in [2.24, 2.45) is 0 Å². The summed E-state index contributed by atoms with van der Waals surface area (Å²) in [4.78, 5) is 4.42. The Morgan fingerprint density at radius 3 is 2.85 bits per heavy atom. The molecule has 4 rings (SSSR count). The van der Waals surface area contributed by atoms with Gasteiger partial charge >= 0.3 is 0 Å². The van der Waals surface area contributed by atoms with Crippen LogP contribution in [0.15, 0.2) is 48.8 Å². The van der Waals surface area contributed by atoms with Crippen LogP contribution < -0.4 is 10.1 Å². The summed E-state index contributed by atoms with van der Waals surface area (Å²) in [5.74, 6) is 0.490. The lowest BCUT2D eigenvalue weighted by atomic mass is 9.77. The van der Waals surface area contributed by atoms with E-state index in [1.807, 2.05) is 35.0 Å². The highest BCUT2D eigenvalue weighted by Gasteiger charge is 2.34. The van der Waals surface area contributed by atoms with Crippen molar-refractivity contribution in [2.75, 3.05) is 7.11 Å². The fraction of sp³-hybridized carbons (Fsp3) is 0.381. The van der Waals surface area contributed by atoms with Crippen LogP contribution in [0.2, 0.25) is 0 Å². The highest BCUT2D eigenvalue weighted by atomic mass is 19.1. The second-order valence-corrected chi connectivity index (χ2v) is 7.24. The average molecular weight is 369 g/mol. The second-order valence-electron chi connectivity index (χ2n) is 7.24. The number of aliphatic hydroxyl groups is 1. The van der Waals surface area contributed by atoms with Crippen molar-refractivity contribution in [2.45, 2.75) is 43.9 Å². The summed E-state index contributed by atoms with van der Waals surface area (Å²) in [5, 5.41) is 14.5. The molecule has 1 saturated carbocycles. The Morgan fingerprint density at radius 2 is 2.11 bits per heavy atom. The summed E-state index contributed by atoms with van der Waals surface area (Å²) in [7, 11) is 1.65. The van der Waals surface area contributed by atoms with Gasteiger partial charge in [0.05, 0.1) is 30.8 Å². The molecule has 0 amide bonds. The Bertz CT molecular complexity index is 932. The Labute approximate surface area is 157 Å². The minimum atomic E-state index is -0.934. The number of rotatable bonds is 5. The molecule has 0 saturated heterocycles. The number of pyridine rings is 1. The van der Waals surface area contributed by atoms with Gasteiger partial charge in [-0.1, -0.05) is 12.1 Å². The van der Waals surface area contributed by atoms with Crippen LogP contribution in [0.1, 0.15) is 36.9 Å². The van der Waals surface area contributed by atoms with Crippen LogP contribution in [0.4, 0.5) is 4.39 Å². The number of ether oxygens (including phenoxy) is 1. The van der Waals surface area contributed by atoms with Crippen LogP contribution in [0, 0.1) is 5.82 Å². The zero-order valence-electron chi connectivity index (χ0n) is 15.4. The third-order valence-corrected chi connectivity index (χ3v) is 5.54. The predicted molar refractivity (Wildman–Crippen MR) is 101 cm³/mol. The van der Waals surface area contributed by atoms with E-state index in [4.69, 9.17) is 4.74 Å². The van der Waals surface area contributed by atoms with Gasteiger partial charge in [0, 0.05) is 12.6 Å². The molecule has 0 radical (unpaired) electrons. The van der Waals surface area contributed by atoms with Crippen LogP contribution in [0.5, 0.6) is 5.75 Å². The molecule has 0 bridgehead atoms. The Balaban J connectivity index is 1.39. The van der Waals surface area contributed by atoms with E-state index in [2.05, 4.69) is 10.3 Å². The SMILES string of the molecule is COc1ccc2ncc(CNC3CCC(O)(c4cccc(F)c4)CC3)n2c1. The summed E-state index contributed by atoms with van der Waals surface area (Å²) in [6.45, 7) is 0.692. The number of halogens is 1. The number of methoxy groups -OCH3 is 1. The minimum absolute atomic E-state index is 0.302. The van der Waals surface area contributed by atoms with Gasteiger partial charge in [-0.2, -0.15) is 0 Å². The molecule has 0 atom stereocenters. The van der Waals surface area contributed by atoms with Gasteiger partial charge in [-0.05, 0) is 55.5 Å². The van der Waals surface area contributed by atoms with Gasteiger partial charge in [-0.25, -0.2) is 9.37 Å². The lowest BCUT2D eigenvalue weighted by molar-refractivity contribution is -0.00874. The molecule has 1 fully saturated rings. The zero-order valence-corrected chi connectivity index (χ0v) is 15.4. The van der Waals surface area contributed by atoms with Crippen LogP contribution >= 0.6 is 0 Å². The van der Waals surface area contributed by atoms with Crippen molar-refractivity contribution in [1.82, 2.24) is 14.7 Å². The number of benzene rings is 1. The first kappa shape index (κ1) is 17.9. The number of hydrogen-bond acceptors (Lipinski definition) is 4. The van der Waals surface area contributed by atoms with Gasteiger partial charge in [-0.3, -0.25) is 4.40 Å². The van der Waals surface area contributed by atoms with Crippen molar-refractivity contribution < 1.29 is 14.2 Å². The largest absolute Gasteiger partial charge is 0.495 e. The Kier molecular flexibility index (Phi) is 4.85. The molecule has 5 nitrogen and oxygen atoms in total. The van der Waals surface area contributed by atoms with Crippen LogP contribution in [0.25, 0.3) is 5.65 Å². The van der Waals surface area contributed by atoms with Crippen molar-refractivity contribution in [1.29, 1.82) is 0 Å². The number of imidazole rings is 1. The molecule has 0 spiro atoms. The molecule has 1 aliphatic rings. The van der Waals surface area contributed by atoms with Crippen molar-refractivity contribution in [3.8, 4) is 5.75 Å². The van der Waals surface area contributed by atoms with Gasteiger partial charge in [0.25, 0.3) is 0 Å². The van der Waals surface area contributed by atoms with Gasteiger partial charge in [0.15, 0.2) is 0 Å². The Morgan fingerprint density at radius 1 is 1.30 bits per heavy atom. The highest BCUT2D eigenvalue weighted by Crippen LogP contribution is 2.37. The van der Waals surface area contributed by atoms with E-state index in [1.54, 1.807) is 13.2 Å². The summed E-state index contributed by atoms with van der Waals surface area (Å²) < 4.78 is 20.8. The van der Waals surface area contributed by atoms with E-state index in [-0.39, 0.29) is 5.82 Å². The molecule has 2 heterocycles. The maximum Gasteiger partial charge on any atom is 0.137 e. The molecule has 6 heteroatoms. The molecule has 2 N–H and O–H groups in total. The number of nitrogens with zero attached hydrogens (tertiary/aromatic N) is 2. The van der Waals surface area contributed by atoms with Crippen LogP contribution in [0.3, 0.4) is 0 Å². The second kappa shape index (κ2) is 7.29. The normalized spacial score (nSPS) is 22.9. The van der Waals surface area contributed by atoms with Crippen molar-refractivity contribution in [3.05, 3.63) is 65.9 Å². The molecule has 27 heavy (non-hydrogen) atoms. The fourth-order valence-corrected chi connectivity index (χ4v) is 3.88. The van der Waals surface area contributed by atoms with E-state index in [9.17, 15) is 9.50 Å². The zero-order chi connectivity index (χ0) is 18.9. The maximum absolute atomic E-state index is 13.5. The number of fused-ring (bicyclic) bond motifs is 1. The number of nitrogens with one attached hydrogen (secondary N) is 1. The standard InChI is InChI=1S/C21H24FN3O2/c1-27-19-5-6-20-24-13-18(25(20)14-19)12-23-17-7-9-21(26,10-8-17)15-3-2-4-16(22)11-15/h2-6,11,13-14,17,23,26H,7-10,12H2,1H3. The molecular weight excluding hydrogens is 345 g/mol. The molecule has 1 aromatic carbocycles. The van der Waals surface area contributed by atoms with Gasteiger partial charge in [0.1, 0.15) is 17.2 Å². The molecule has 0 aliphatic heterocycles. The van der Waals surface area contributed by atoms with Crippen molar-refractivity contribution in [3.63, 3.8) is 0 Å². The summed E-state index contributed by atoms with van der Waals surface area (Å²) in [6.07, 6.45) is 6.72. The summed E-state index contributed by atoms with van der Waals surface area (Å²) in [5.41, 5.74) is 1.69. The van der Waals surface area contributed by atoms with E-state index < -0.39 is 5.60 Å². The van der Waals surface area contributed by atoms with Gasteiger partial charge < -0.3 is 15.2 Å². The third-order valence-electron chi connectivity index (χ3n) is 5.54. The topological polar surface area (TPSA) is 58.8 Å². The smallest absolute Gasteiger partial charge is 0.137 e. The average Bonchev–Trinajstić information content (AvgIpc) is 3.10. The fourth-order valence-electron chi connectivity index (χ4n) is 3.88. The lowest BCUT2D eigenvalue weighted by Gasteiger charge is -2.36. The maximum atomic E-state index is 13.5. The lowest BCUT2D eigenvalue weighted by Crippen LogP contribution is -2.39. The van der Waals surface area contributed by atoms with Gasteiger partial charge in [-0.15, -0.1) is 0 Å². The Hall–Kier alpha value is -2.44. The molecule has 1 aliphatic carbocycles. The summed E-state index contributed by atoms with van der Waals surface area (Å²) in [6, 6.07) is 10.5. The monoisotopic (exact) mass is 369 g/mol. The van der Waals surface area contributed by atoms with Crippen molar-refractivity contribution >= 4 is 5.65 Å². The first-order chi connectivity index (χ1) is 13.1. The van der Waals surface area contributed by atoms with E-state index in [0.29, 0.717) is 31.0 Å². The van der Waals surface area contributed by atoms with Crippen LogP contribution in [-0.2, 0) is 12.1 Å². The highest BCUT2D eigenvalue weighted by molar-refractivity contribution is 5.43. The van der Waals surface area contributed by atoms with E-state index in [0.717, 1.165) is 29.9 Å². The first-order valence-corrected chi connectivity index (χ1v) is 9.29. The minimum Gasteiger partial charge on any atom is -0.495 e. The molecule has 2 aromatic heterocycles. The molecular formula is C21H24FN3O2. The first-order valence-electron chi connectivity index (χ1n) is 9.29. The van der Waals surface area contributed by atoms with Crippen LogP contribution in [-0.4, -0.2) is 27.6 Å². The predicted octanol–water partition coefficient (Wildman–Crippen LogP) is 3.40. The quantitative estimate of drug-likeness (QED) is 0.724. The summed E-state index contributed by atoms with van der Waals surface area (Å²) >= 11 is 0. The number of hydrogen-bond donors (Lipinski definition) is 2. The van der Waals surface area contributed by atoms with E-state index >= 15 is 0 Å². The van der Waals surface area contributed by atoms with E-state index in [1.165, 1.54) is 12.1 Å². The molecule has 142 valence electrons. The number of aromatic nitrogens is 2. The van der Waals surface area contributed by atoms with Gasteiger partial charge in [0.2, 0.25) is 0 Å². The third kappa shape index (κ3) is 3.68.